The second kappa shape index (κ2) is 9.75. The third-order valence-electron chi connectivity index (χ3n) is 6.62. The summed E-state index contributed by atoms with van der Waals surface area (Å²) in [6, 6.07) is 9.94. The SMILES string of the molecule is C[C@H](CC(=O)N1CCC(O)(CN2CNC(c3cncnc3)CC2=O)CC1)c1ccccc1. The number of rotatable bonds is 6. The van der Waals surface area contributed by atoms with Crippen molar-refractivity contribution < 1.29 is 14.7 Å². The summed E-state index contributed by atoms with van der Waals surface area (Å²) in [5, 5.41) is 14.4. The number of amides is 2. The highest BCUT2D eigenvalue weighted by Gasteiger charge is 2.38. The van der Waals surface area contributed by atoms with E-state index in [0.717, 1.165) is 11.1 Å². The van der Waals surface area contributed by atoms with E-state index in [0.29, 0.717) is 45.4 Å². The van der Waals surface area contributed by atoms with Gasteiger partial charge in [-0.25, -0.2) is 9.97 Å². The predicted octanol–water partition coefficient (Wildman–Crippen LogP) is 1.84. The van der Waals surface area contributed by atoms with Crippen molar-refractivity contribution in [2.24, 2.45) is 0 Å². The molecule has 2 N–H and O–H groups in total. The van der Waals surface area contributed by atoms with Gasteiger partial charge in [0.15, 0.2) is 0 Å². The number of β-amino-alcohol motifs (C(OH)–C–C–N with tert-alkyl or cyclic N) is 1. The molecule has 4 rings (SSSR count). The third-order valence-corrected chi connectivity index (χ3v) is 6.62. The lowest BCUT2D eigenvalue weighted by Crippen LogP contribution is -2.56. The van der Waals surface area contributed by atoms with Gasteiger partial charge in [0, 0.05) is 49.9 Å². The smallest absolute Gasteiger partial charge is 0.225 e. The summed E-state index contributed by atoms with van der Waals surface area (Å²) in [7, 11) is 0. The highest BCUT2D eigenvalue weighted by molar-refractivity contribution is 5.78. The number of hydrogen-bond acceptors (Lipinski definition) is 6. The van der Waals surface area contributed by atoms with Gasteiger partial charge in [0.2, 0.25) is 11.8 Å². The normalized spacial score (nSPS) is 21.9. The minimum atomic E-state index is -0.970. The largest absolute Gasteiger partial charge is 0.388 e. The number of aliphatic hydroxyl groups is 1. The fourth-order valence-electron chi connectivity index (χ4n) is 4.53. The molecule has 2 fully saturated rings. The predicted molar refractivity (Wildman–Crippen MR) is 119 cm³/mol. The molecule has 0 bridgehead atoms. The number of likely N-dealkylation sites (tertiary alicyclic amines) is 1. The first-order valence-corrected chi connectivity index (χ1v) is 11.2. The molecule has 1 aromatic carbocycles. The van der Waals surface area contributed by atoms with E-state index in [9.17, 15) is 14.7 Å². The number of hydrogen-bond donors (Lipinski definition) is 2. The van der Waals surface area contributed by atoms with Crippen LogP contribution >= 0.6 is 0 Å². The van der Waals surface area contributed by atoms with Crippen LogP contribution in [0.1, 0.15) is 55.7 Å². The van der Waals surface area contributed by atoms with Gasteiger partial charge in [0.1, 0.15) is 6.33 Å². The first-order chi connectivity index (χ1) is 15.4. The number of carbonyl (C=O) groups excluding carboxylic acids is 2. The van der Waals surface area contributed by atoms with Crippen LogP contribution in [0.25, 0.3) is 0 Å². The molecule has 2 atom stereocenters. The molecule has 3 heterocycles. The van der Waals surface area contributed by atoms with E-state index in [4.69, 9.17) is 0 Å². The minimum Gasteiger partial charge on any atom is -0.388 e. The summed E-state index contributed by atoms with van der Waals surface area (Å²) in [6.07, 6.45) is 6.61. The van der Waals surface area contributed by atoms with Crippen molar-refractivity contribution in [2.45, 2.75) is 50.2 Å². The molecule has 2 saturated heterocycles. The first kappa shape index (κ1) is 22.4. The van der Waals surface area contributed by atoms with Crippen LogP contribution in [0.2, 0.25) is 0 Å². The maximum Gasteiger partial charge on any atom is 0.225 e. The van der Waals surface area contributed by atoms with E-state index >= 15 is 0 Å². The molecule has 8 heteroatoms. The molecule has 2 aliphatic heterocycles. The fraction of sp³-hybridized carbons (Fsp3) is 0.500. The van der Waals surface area contributed by atoms with E-state index in [1.807, 2.05) is 35.2 Å². The average molecular weight is 438 g/mol. The molecule has 2 aromatic rings. The highest BCUT2D eigenvalue weighted by atomic mass is 16.3. The van der Waals surface area contributed by atoms with Crippen LogP contribution in [0, 0.1) is 0 Å². The Bertz CT molecular complexity index is 916. The van der Waals surface area contributed by atoms with E-state index in [1.165, 1.54) is 6.33 Å². The Balaban J connectivity index is 1.26. The molecule has 0 saturated carbocycles. The number of benzene rings is 1. The van der Waals surface area contributed by atoms with Gasteiger partial charge in [0.25, 0.3) is 0 Å². The summed E-state index contributed by atoms with van der Waals surface area (Å²) in [5.41, 5.74) is 1.07. The van der Waals surface area contributed by atoms with Crippen LogP contribution in [-0.4, -0.2) is 68.6 Å². The number of nitrogens with zero attached hydrogens (tertiary/aromatic N) is 4. The molecule has 0 radical (unpaired) electrons. The Hall–Kier alpha value is -2.84. The van der Waals surface area contributed by atoms with Crippen molar-refractivity contribution in [3.8, 4) is 0 Å². The van der Waals surface area contributed by atoms with Crippen molar-refractivity contribution in [2.75, 3.05) is 26.3 Å². The van der Waals surface area contributed by atoms with Crippen molar-refractivity contribution >= 4 is 11.8 Å². The summed E-state index contributed by atoms with van der Waals surface area (Å²) in [4.78, 5) is 37.0. The lowest BCUT2D eigenvalue weighted by Gasteiger charge is -2.43. The van der Waals surface area contributed by atoms with Gasteiger partial charge in [-0.15, -0.1) is 0 Å². The Morgan fingerprint density at radius 3 is 2.56 bits per heavy atom. The van der Waals surface area contributed by atoms with Crippen LogP contribution in [0.15, 0.2) is 49.1 Å². The van der Waals surface area contributed by atoms with Crippen molar-refractivity contribution in [3.63, 3.8) is 0 Å². The number of piperidine rings is 1. The zero-order valence-electron chi connectivity index (χ0n) is 18.5. The van der Waals surface area contributed by atoms with Gasteiger partial charge in [-0.05, 0) is 24.3 Å². The summed E-state index contributed by atoms with van der Waals surface area (Å²) >= 11 is 0. The first-order valence-electron chi connectivity index (χ1n) is 11.2. The molecule has 2 amide bonds. The van der Waals surface area contributed by atoms with E-state index in [-0.39, 0.29) is 30.3 Å². The van der Waals surface area contributed by atoms with Gasteiger partial charge in [0.05, 0.1) is 18.8 Å². The van der Waals surface area contributed by atoms with Crippen LogP contribution in [-0.2, 0) is 9.59 Å². The Kier molecular flexibility index (Phi) is 6.81. The highest BCUT2D eigenvalue weighted by Crippen LogP contribution is 2.28. The van der Waals surface area contributed by atoms with Crippen LogP contribution < -0.4 is 5.32 Å². The van der Waals surface area contributed by atoms with E-state index < -0.39 is 5.60 Å². The molecule has 32 heavy (non-hydrogen) atoms. The molecule has 0 aliphatic carbocycles. The van der Waals surface area contributed by atoms with Gasteiger partial charge in [-0.3, -0.25) is 14.9 Å². The molecule has 1 aromatic heterocycles. The van der Waals surface area contributed by atoms with Gasteiger partial charge < -0.3 is 14.9 Å². The second-order valence-corrected chi connectivity index (χ2v) is 9.00. The monoisotopic (exact) mass is 437 g/mol. The number of carbonyl (C=O) groups is 2. The summed E-state index contributed by atoms with van der Waals surface area (Å²) in [6.45, 7) is 3.74. The Morgan fingerprint density at radius 2 is 1.91 bits per heavy atom. The zero-order valence-corrected chi connectivity index (χ0v) is 18.5. The number of nitrogens with one attached hydrogen (secondary N) is 1. The topological polar surface area (TPSA) is 98.7 Å². The Morgan fingerprint density at radius 1 is 1.22 bits per heavy atom. The molecular weight excluding hydrogens is 406 g/mol. The van der Waals surface area contributed by atoms with Crippen molar-refractivity contribution in [3.05, 3.63) is 60.2 Å². The fourth-order valence-corrected chi connectivity index (χ4v) is 4.53. The molecule has 8 nitrogen and oxygen atoms in total. The maximum absolute atomic E-state index is 12.8. The molecule has 2 aliphatic rings. The zero-order chi connectivity index (χ0) is 22.6. The van der Waals surface area contributed by atoms with Gasteiger partial charge in [-0.1, -0.05) is 37.3 Å². The molecular formula is C24H31N5O3. The molecule has 0 spiro atoms. The average Bonchev–Trinajstić information content (AvgIpc) is 2.82. The lowest BCUT2D eigenvalue weighted by atomic mass is 9.89. The second-order valence-electron chi connectivity index (χ2n) is 9.00. The molecule has 1 unspecified atom stereocenters. The Labute approximate surface area is 188 Å². The van der Waals surface area contributed by atoms with Crippen LogP contribution in [0.4, 0.5) is 0 Å². The van der Waals surface area contributed by atoms with E-state index in [2.05, 4.69) is 22.2 Å². The van der Waals surface area contributed by atoms with Gasteiger partial charge in [-0.2, -0.15) is 0 Å². The van der Waals surface area contributed by atoms with Gasteiger partial charge >= 0.3 is 0 Å². The summed E-state index contributed by atoms with van der Waals surface area (Å²) < 4.78 is 0. The molecule has 170 valence electrons. The van der Waals surface area contributed by atoms with E-state index in [1.54, 1.807) is 17.3 Å². The quantitative estimate of drug-likeness (QED) is 0.716. The lowest BCUT2D eigenvalue weighted by molar-refractivity contribution is -0.144. The maximum atomic E-state index is 12.8. The summed E-state index contributed by atoms with van der Waals surface area (Å²) in [5.74, 6) is 0.276. The van der Waals surface area contributed by atoms with Crippen molar-refractivity contribution in [1.82, 2.24) is 25.1 Å². The standard InChI is InChI=1S/C24H31N5O3/c1-18(19-5-3-2-4-6-19)11-22(30)28-9-7-24(32,8-10-28)15-29-17-27-21(12-23(29)31)20-13-25-16-26-14-20/h2-6,13-14,16,18,21,27,32H,7-12,15,17H2,1H3/t18-,21?/m1/s1. The van der Waals surface area contributed by atoms with Crippen LogP contribution in [0.3, 0.4) is 0 Å². The van der Waals surface area contributed by atoms with Crippen LogP contribution in [0.5, 0.6) is 0 Å². The minimum absolute atomic E-state index is 0.00113. The third kappa shape index (κ3) is 5.31. The number of aromatic nitrogens is 2. The van der Waals surface area contributed by atoms with Crippen molar-refractivity contribution in [1.29, 1.82) is 0 Å².